The van der Waals surface area contributed by atoms with Gasteiger partial charge in [-0.2, -0.15) is 0 Å². The first-order valence-electron chi connectivity index (χ1n) is 7.63. The van der Waals surface area contributed by atoms with Gasteiger partial charge in [0.25, 0.3) is 11.6 Å². The first kappa shape index (κ1) is 19.6. The number of nitrogens with one attached hydrogen (secondary N) is 1. The summed E-state index contributed by atoms with van der Waals surface area (Å²) in [5, 5.41) is 13.7. The Hall–Kier alpha value is -2.44. The predicted molar refractivity (Wildman–Crippen MR) is 89.7 cm³/mol. The van der Waals surface area contributed by atoms with Gasteiger partial charge >= 0.3 is 5.97 Å². The molecule has 0 bridgehead atoms. The van der Waals surface area contributed by atoms with Gasteiger partial charge in [-0.1, -0.05) is 32.9 Å². The first-order chi connectivity index (χ1) is 10.9. The number of hydrogen-bond acceptors (Lipinski definition) is 5. The van der Waals surface area contributed by atoms with Crippen molar-refractivity contribution in [2.24, 2.45) is 5.41 Å². The average molecular weight is 336 g/mol. The number of para-hydroxylation sites is 1. The maximum atomic E-state index is 12.0. The van der Waals surface area contributed by atoms with Crippen molar-refractivity contribution in [2.75, 3.05) is 6.61 Å². The van der Waals surface area contributed by atoms with E-state index in [0.29, 0.717) is 0 Å². The third kappa shape index (κ3) is 6.36. The summed E-state index contributed by atoms with van der Waals surface area (Å²) in [6.45, 7) is 9.48. The Morgan fingerprint density at radius 1 is 1.17 bits per heavy atom. The summed E-state index contributed by atoms with van der Waals surface area (Å²) in [7, 11) is 0. The van der Waals surface area contributed by atoms with Crippen molar-refractivity contribution in [3.8, 4) is 0 Å². The summed E-state index contributed by atoms with van der Waals surface area (Å²) < 4.78 is 4.90. The van der Waals surface area contributed by atoms with Gasteiger partial charge in [0.1, 0.15) is 5.56 Å². The number of nitro groups is 1. The molecule has 0 atom stereocenters. The normalized spacial score (nSPS) is 11.7. The van der Waals surface area contributed by atoms with E-state index in [0.717, 1.165) is 6.42 Å². The van der Waals surface area contributed by atoms with Crippen LogP contribution in [0.15, 0.2) is 24.3 Å². The van der Waals surface area contributed by atoms with Gasteiger partial charge in [0.05, 0.1) is 4.92 Å². The van der Waals surface area contributed by atoms with E-state index in [4.69, 9.17) is 4.74 Å². The Bertz CT molecular complexity index is 632. The molecular formula is C17H24N2O5. The summed E-state index contributed by atoms with van der Waals surface area (Å²) in [5.41, 5.74) is -0.960. The van der Waals surface area contributed by atoms with Crippen molar-refractivity contribution in [1.29, 1.82) is 0 Å². The van der Waals surface area contributed by atoms with Crippen LogP contribution in [0, 0.1) is 15.5 Å². The van der Waals surface area contributed by atoms with E-state index in [1.165, 1.54) is 24.3 Å². The Kier molecular flexibility index (Phi) is 6.06. The quantitative estimate of drug-likeness (QED) is 0.489. The van der Waals surface area contributed by atoms with Crippen LogP contribution in [0.5, 0.6) is 0 Å². The van der Waals surface area contributed by atoms with Crippen molar-refractivity contribution in [3.63, 3.8) is 0 Å². The monoisotopic (exact) mass is 336 g/mol. The van der Waals surface area contributed by atoms with Crippen LogP contribution in [-0.4, -0.2) is 28.9 Å². The lowest BCUT2D eigenvalue weighted by Crippen LogP contribution is -2.47. The van der Waals surface area contributed by atoms with Crippen LogP contribution >= 0.6 is 0 Å². The van der Waals surface area contributed by atoms with Gasteiger partial charge in [-0.25, -0.2) is 4.79 Å². The summed E-state index contributed by atoms with van der Waals surface area (Å²) in [6.07, 6.45) is 0.740. The Labute approximate surface area is 141 Å². The average Bonchev–Trinajstić information content (AvgIpc) is 2.41. The van der Waals surface area contributed by atoms with E-state index in [9.17, 15) is 19.7 Å². The highest BCUT2D eigenvalue weighted by molar-refractivity contribution is 5.95. The fraction of sp³-hybridized carbons (Fsp3) is 0.529. The zero-order valence-electron chi connectivity index (χ0n) is 14.7. The number of hydrogen-bond donors (Lipinski definition) is 1. The van der Waals surface area contributed by atoms with Gasteiger partial charge in [0, 0.05) is 11.6 Å². The van der Waals surface area contributed by atoms with Crippen molar-refractivity contribution in [2.45, 2.75) is 46.6 Å². The van der Waals surface area contributed by atoms with Gasteiger partial charge in [-0.05, 0) is 31.7 Å². The van der Waals surface area contributed by atoms with Crippen LogP contribution in [0.25, 0.3) is 0 Å². The zero-order chi connectivity index (χ0) is 18.5. The number of nitrogens with zero attached hydrogens (tertiary/aromatic N) is 1. The third-order valence-electron chi connectivity index (χ3n) is 3.11. The van der Waals surface area contributed by atoms with Gasteiger partial charge in [-0.15, -0.1) is 0 Å². The third-order valence-corrected chi connectivity index (χ3v) is 3.11. The molecule has 1 rings (SSSR count). The highest BCUT2D eigenvalue weighted by Gasteiger charge is 2.28. The minimum Gasteiger partial charge on any atom is -0.452 e. The Balaban J connectivity index is 2.65. The lowest BCUT2D eigenvalue weighted by Gasteiger charge is -2.33. The molecule has 0 aliphatic rings. The van der Waals surface area contributed by atoms with Crippen LogP contribution in [-0.2, 0) is 9.53 Å². The largest absolute Gasteiger partial charge is 0.452 e. The highest BCUT2D eigenvalue weighted by atomic mass is 16.6. The van der Waals surface area contributed by atoms with Crippen LogP contribution < -0.4 is 5.32 Å². The van der Waals surface area contributed by atoms with Crippen molar-refractivity contribution >= 4 is 17.6 Å². The SMILES string of the molecule is CC(C)(C)CC(C)(C)NC(=O)COC(=O)c1ccccc1[N+](=O)[O-]. The molecule has 0 aliphatic carbocycles. The number of amides is 1. The number of rotatable bonds is 6. The summed E-state index contributed by atoms with van der Waals surface area (Å²) in [5.74, 6) is -1.35. The molecule has 7 nitrogen and oxygen atoms in total. The number of benzene rings is 1. The van der Waals surface area contributed by atoms with E-state index in [2.05, 4.69) is 26.1 Å². The molecule has 0 saturated carbocycles. The minimum absolute atomic E-state index is 0.0259. The maximum Gasteiger partial charge on any atom is 0.345 e. The molecule has 0 aromatic heterocycles. The van der Waals surface area contributed by atoms with E-state index in [1.807, 2.05) is 13.8 Å². The lowest BCUT2D eigenvalue weighted by atomic mass is 9.82. The molecule has 0 spiro atoms. The smallest absolute Gasteiger partial charge is 0.345 e. The van der Waals surface area contributed by atoms with Gasteiger partial charge in [0.2, 0.25) is 0 Å². The number of carbonyl (C=O) groups excluding carboxylic acids is 2. The molecule has 7 heteroatoms. The fourth-order valence-electron chi connectivity index (χ4n) is 2.80. The second kappa shape index (κ2) is 7.42. The molecule has 1 N–H and O–H groups in total. The van der Waals surface area contributed by atoms with Crippen LogP contribution in [0.2, 0.25) is 0 Å². The van der Waals surface area contributed by atoms with E-state index in [-0.39, 0.29) is 16.7 Å². The zero-order valence-corrected chi connectivity index (χ0v) is 14.7. The molecule has 132 valence electrons. The number of nitro benzene ring substituents is 1. The molecule has 0 radical (unpaired) electrons. The number of esters is 1. The van der Waals surface area contributed by atoms with E-state index >= 15 is 0 Å². The summed E-state index contributed by atoms with van der Waals surface area (Å²) >= 11 is 0. The number of ether oxygens (including phenoxy) is 1. The van der Waals surface area contributed by atoms with Crippen molar-refractivity contribution < 1.29 is 19.2 Å². The van der Waals surface area contributed by atoms with Gasteiger partial charge in [0.15, 0.2) is 6.61 Å². The van der Waals surface area contributed by atoms with Crippen LogP contribution in [0.3, 0.4) is 0 Å². The molecule has 0 saturated heterocycles. The molecule has 1 amide bonds. The van der Waals surface area contributed by atoms with E-state index in [1.54, 1.807) is 0 Å². The molecule has 1 aromatic rings. The first-order valence-corrected chi connectivity index (χ1v) is 7.63. The fourth-order valence-corrected chi connectivity index (χ4v) is 2.80. The lowest BCUT2D eigenvalue weighted by molar-refractivity contribution is -0.385. The maximum absolute atomic E-state index is 12.0. The second-order valence-electron chi connectivity index (χ2n) is 7.52. The Morgan fingerprint density at radius 2 is 1.75 bits per heavy atom. The molecule has 0 fully saturated rings. The highest BCUT2D eigenvalue weighted by Crippen LogP contribution is 2.26. The van der Waals surface area contributed by atoms with E-state index < -0.39 is 28.9 Å². The molecule has 0 unspecified atom stereocenters. The number of carbonyl (C=O) groups is 2. The molecule has 0 aliphatic heterocycles. The molecule has 1 aromatic carbocycles. The summed E-state index contributed by atoms with van der Waals surface area (Å²) in [6, 6.07) is 5.46. The summed E-state index contributed by atoms with van der Waals surface area (Å²) in [4.78, 5) is 34.2. The second-order valence-corrected chi connectivity index (χ2v) is 7.52. The van der Waals surface area contributed by atoms with Crippen molar-refractivity contribution in [1.82, 2.24) is 5.32 Å². The molecule has 24 heavy (non-hydrogen) atoms. The van der Waals surface area contributed by atoms with Crippen molar-refractivity contribution in [3.05, 3.63) is 39.9 Å². The minimum atomic E-state index is -0.897. The Morgan fingerprint density at radius 3 is 2.29 bits per heavy atom. The van der Waals surface area contributed by atoms with Gasteiger partial charge < -0.3 is 10.1 Å². The van der Waals surface area contributed by atoms with Crippen LogP contribution in [0.1, 0.15) is 51.4 Å². The van der Waals surface area contributed by atoms with Crippen LogP contribution in [0.4, 0.5) is 5.69 Å². The predicted octanol–water partition coefficient (Wildman–Crippen LogP) is 3.08. The standard InChI is InChI=1S/C17H24N2O5/c1-16(2,3)11-17(4,5)18-14(20)10-24-15(21)12-8-6-7-9-13(12)19(22)23/h6-9H,10-11H2,1-5H3,(H,18,20). The molecular weight excluding hydrogens is 312 g/mol. The topological polar surface area (TPSA) is 98.5 Å². The van der Waals surface area contributed by atoms with Gasteiger partial charge in [-0.3, -0.25) is 14.9 Å². The molecule has 0 heterocycles.